The molecule has 19 heavy (non-hydrogen) atoms. The summed E-state index contributed by atoms with van der Waals surface area (Å²) in [6.45, 7) is 3.48. The van der Waals surface area contributed by atoms with Crippen LogP contribution in [0.5, 0.6) is 0 Å². The quantitative estimate of drug-likeness (QED) is 0.796. The molecule has 0 spiro atoms. The Bertz CT molecular complexity index is 444. The Morgan fingerprint density at radius 2 is 2.05 bits per heavy atom. The summed E-state index contributed by atoms with van der Waals surface area (Å²) in [7, 11) is 1.41. The van der Waals surface area contributed by atoms with Crippen molar-refractivity contribution in [3.05, 3.63) is 48.6 Å². The number of hydrogen-bond acceptors (Lipinski definition) is 3. The fourth-order valence-corrected chi connectivity index (χ4v) is 1.59. The van der Waals surface area contributed by atoms with Crippen molar-refractivity contribution in [3.8, 4) is 0 Å². The number of carbonyl (C=O) groups excluding carboxylic acids is 1. The van der Waals surface area contributed by atoms with Crippen molar-refractivity contribution in [1.82, 2.24) is 4.90 Å². The molecule has 1 aromatic carbocycles. The first kappa shape index (κ1) is 14.8. The highest BCUT2D eigenvalue weighted by molar-refractivity contribution is 5.80. The van der Waals surface area contributed by atoms with Gasteiger partial charge in [-0.15, -0.1) is 0 Å². The Kier molecular flexibility index (Phi) is 5.60. The van der Waals surface area contributed by atoms with Crippen LogP contribution in [0.15, 0.2) is 43.0 Å². The number of amides is 1. The normalized spacial score (nSPS) is 11.4. The first-order valence-corrected chi connectivity index (χ1v) is 5.83. The maximum Gasteiger partial charge on any atom is 0.410 e. The highest BCUT2D eigenvalue weighted by atomic mass is 16.6. The van der Waals surface area contributed by atoms with E-state index < -0.39 is 18.1 Å². The van der Waals surface area contributed by atoms with E-state index in [0.717, 1.165) is 10.5 Å². The lowest BCUT2D eigenvalue weighted by atomic mass is 10.1. The van der Waals surface area contributed by atoms with Crippen molar-refractivity contribution in [2.45, 2.75) is 12.5 Å². The minimum atomic E-state index is -1.07. The largest absolute Gasteiger partial charge is 0.480 e. The molecule has 0 aliphatic heterocycles. The van der Waals surface area contributed by atoms with Gasteiger partial charge in [-0.25, -0.2) is 9.59 Å². The molecule has 0 saturated carbocycles. The molecular weight excluding hydrogens is 246 g/mol. The summed E-state index contributed by atoms with van der Waals surface area (Å²) in [5, 5.41) is 9.21. The maximum absolute atomic E-state index is 11.6. The van der Waals surface area contributed by atoms with E-state index >= 15 is 0 Å². The van der Waals surface area contributed by atoms with Crippen LogP contribution in [-0.2, 0) is 16.0 Å². The fraction of sp³-hybridized carbons (Fsp3) is 0.286. The van der Waals surface area contributed by atoms with E-state index in [0.29, 0.717) is 0 Å². The van der Waals surface area contributed by atoms with Gasteiger partial charge in [0.1, 0.15) is 12.6 Å². The van der Waals surface area contributed by atoms with Gasteiger partial charge >= 0.3 is 12.1 Å². The third-order valence-corrected chi connectivity index (χ3v) is 2.64. The number of nitrogens with zero attached hydrogens (tertiary/aromatic N) is 1. The van der Waals surface area contributed by atoms with Gasteiger partial charge in [0.25, 0.3) is 0 Å². The van der Waals surface area contributed by atoms with Gasteiger partial charge in [0, 0.05) is 13.5 Å². The second kappa shape index (κ2) is 7.20. The van der Waals surface area contributed by atoms with Gasteiger partial charge in [0.15, 0.2) is 0 Å². The van der Waals surface area contributed by atoms with E-state index in [1.165, 1.54) is 13.1 Å². The first-order valence-electron chi connectivity index (χ1n) is 5.83. The molecule has 0 radical (unpaired) electrons. The Morgan fingerprint density at radius 3 is 2.58 bits per heavy atom. The van der Waals surface area contributed by atoms with Crippen molar-refractivity contribution in [2.24, 2.45) is 0 Å². The SMILES string of the molecule is C=CCOC(=O)N(C)[C@@H](Cc1ccccc1)C(=O)O. The molecule has 1 amide bonds. The molecule has 0 aromatic heterocycles. The molecule has 5 nitrogen and oxygen atoms in total. The summed E-state index contributed by atoms with van der Waals surface area (Å²) < 4.78 is 4.83. The predicted octanol–water partition coefficient (Wildman–Crippen LogP) is 1.94. The average Bonchev–Trinajstić information content (AvgIpc) is 2.42. The van der Waals surface area contributed by atoms with Gasteiger partial charge in [-0.1, -0.05) is 43.0 Å². The molecule has 5 heteroatoms. The standard InChI is InChI=1S/C14H17NO4/c1-3-9-19-14(18)15(2)12(13(16)17)10-11-7-5-4-6-8-11/h3-8,12H,1,9-10H2,2H3,(H,16,17)/t12-/m0/s1. The number of hydrogen-bond donors (Lipinski definition) is 1. The molecular formula is C14H17NO4. The Labute approximate surface area is 112 Å². The van der Waals surface area contributed by atoms with Gasteiger partial charge in [0.2, 0.25) is 0 Å². The Balaban J connectivity index is 2.74. The monoisotopic (exact) mass is 263 g/mol. The van der Waals surface area contributed by atoms with E-state index in [9.17, 15) is 14.7 Å². The van der Waals surface area contributed by atoms with E-state index in [4.69, 9.17) is 4.74 Å². The molecule has 0 saturated heterocycles. The van der Waals surface area contributed by atoms with E-state index in [1.54, 1.807) is 0 Å². The van der Waals surface area contributed by atoms with Crippen LogP contribution in [0.25, 0.3) is 0 Å². The Hall–Kier alpha value is -2.30. The van der Waals surface area contributed by atoms with Crippen LogP contribution in [-0.4, -0.2) is 41.8 Å². The number of rotatable bonds is 6. The highest BCUT2D eigenvalue weighted by Gasteiger charge is 2.27. The van der Waals surface area contributed by atoms with Gasteiger partial charge in [0.05, 0.1) is 0 Å². The van der Waals surface area contributed by atoms with Crippen molar-refractivity contribution >= 4 is 12.1 Å². The summed E-state index contributed by atoms with van der Waals surface area (Å²) in [5.41, 5.74) is 0.846. The summed E-state index contributed by atoms with van der Waals surface area (Å²) in [6, 6.07) is 8.17. The van der Waals surface area contributed by atoms with Gasteiger partial charge in [-0.2, -0.15) is 0 Å². The van der Waals surface area contributed by atoms with Crippen LogP contribution < -0.4 is 0 Å². The zero-order valence-electron chi connectivity index (χ0n) is 10.8. The minimum Gasteiger partial charge on any atom is -0.480 e. The number of likely N-dealkylation sites (N-methyl/N-ethyl adjacent to an activating group) is 1. The van der Waals surface area contributed by atoms with E-state index in [1.807, 2.05) is 30.3 Å². The smallest absolute Gasteiger partial charge is 0.410 e. The number of benzene rings is 1. The predicted molar refractivity (Wildman–Crippen MR) is 70.9 cm³/mol. The molecule has 1 N–H and O–H groups in total. The number of carbonyl (C=O) groups is 2. The van der Waals surface area contributed by atoms with Crippen LogP contribution in [0.1, 0.15) is 5.56 Å². The lowest BCUT2D eigenvalue weighted by Crippen LogP contribution is -2.44. The lowest BCUT2D eigenvalue weighted by Gasteiger charge is -2.24. The molecule has 0 bridgehead atoms. The van der Waals surface area contributed by atoms with Gasteiger partial charge in [-0.3, -0.25) is 4.90 Å². The zero-order valence-corrected chi connectivity index (χ0v) is 10.8. The summed E-state index contributed by atoms with van der Waals surface area (Å²) in [6.07, 6.45) is 0.984. The molecule has 1 aromatic rings. The highest BCUT2D eigenvalue weighted by Crippen LogP contribution is 2.09. The summed E-state index contributed by atoms with van der Waals surface area (Å²) >= 11 is 0. The number of aliphatic carboxylic acids is 1. The van der Waals surface area contributed by atoms with Gasteiger partial charge < -0.3 is 9.84 Å². The van der Waals surface area contributed by atoms with Crippen molar-refractivity contribution in [1.29, 1.82) is 0 Å². The van der Waals surface area contributed by atoms with Crippen LogP contribution in [0.4, 0.5) is 4.79 Å². The number of ether oxygens (including phenoxy) is 1. The van der Waals surface area contributed by atoms with Crippen molar-refractivity contribution < 1.29 is 19.4 Å². The minimum absolute atomic E-state index is 0.0564. The van der Waals surface area contributed by atoms with Gasteiger partial charge in [-0.05, 0) is 5.56 Å². The summed E-state index contributed by atoms with van der Waals surface area (Å²) in [5.74, 6) is -1.07. The average molecular weight is 263 g/mol. The van der Waals surface area contributed by atoms with Crippen LogP contribution in [0.3, 0.4) is 0 Å². The molecule has 0 unspecified atom stereocenters. The molecule has 0 heterocycles. The maximum atomic E-state index is 11.6. The molecule has 1 atom stereocenters. The van der Waals surface area contributed by atoms with Crippen molar-refractivity contribution in [2.75, 3.05) is 13.7 Å². The molecule has 102 valence electrons. The topological polar surface area (TPSA) is 66.8 Å². The molecule has 0 aliphatic rings. The third kappa shape index (κ3) is 4.46. The summed E-state index contributed by atoms with van der Waals surface area (Å²) in [4.78, 5) is 24.0. The van der Waals surface area contributed by atoms with Crippen LogP contribution >= 0.6 is 0 Å². The number of carboxylic acids is 1. The number of carboxylic acid groups (broad SMARTS) is 1. The third-order valence-electron chi connectivity index (χ3n) is 2.64. The molecule has 0 fully saturated rings. The van der Waals surface area contributed by atoms with Crippen LogP contribution in [0, 0.1) is 0 Å². The molecule has 1 rings (SSSR count). The van der Waals surface area contributed by atoms with E-state index in [-0.39, 0.29) is 13.0 Å². The second-order valence-corrected chi connectivity index (χ2v) is 4.02. The Morgan fingerprint density at radius 1 is 1.42 bits per heavy atom. The van der Waals surface area contributed by atoms with Crippen molar-refractivity contribution in [3.63, 3.8) is 0 Å². The lowest BCUT2D eigenvalue weighted by molar-refractivity contribution is -0.142. The first-order chi connectivity index (χ1) is 9.06. The van der Waals surface area contributed by atoms with Crippen LogP contribution in [0.2, 0.25) is 0 Å². The fourth-order valence-electron chi connectivity index (χ4n) is 1.59. The zero-order chi connectivity index (χ0) is 14.3. The molecule has 0 aliphatic carbocycles. The second-order valence-electron chi connectivity index (χ2n) is 4.02. The van der Waals surface area contributed by atoms with E-state index in [2.05, 4.69) is 6.58 Å².